The number of fused-ring (bicyclic) bond motifs is 1. The summed E-state index contributed by atoms with van der Waals surface area (Å²) in [6.45, 7) is 0.617. The van der Waals surface area contributed by atoms with E-state index in [2.05, 4.69) is 25.9 Å². The molecule has 0 radical (unpaired) electrons. The molecule has 2 amide bonds. The van der Waals surface area contributed by atoms with E-state index in [1.54, 1.807) is 19.2 Å². The minimum Gasteiger partial charge on any atom is -0.481 e. The highest BCUT2D eigenvalue weighted by Gasteiger charge is 2.44. The highest BCUT2D eigenvalue weighted by molar-refractivity contribution is 5.97. The maximum atomic E-state index is 12.5. The predicted molar refractivity (Wildman–Crippen MR) is 126 cm³/mol. The average Bonchev–Trinajstić information content (AvgIpc) is 2.80. The molecule has 1 aromatic carbocycles. The van der Waals surface area contributed by atoms with Crippen LogP contribution in [0.1, 0.15) is 23.2 Å². The van der Waals surface area contributed by atoms with Crippen LogP contribution in [-0.2, 0) is 14.4 Å². The van der Waals surface area contributed by atoms with Crippen molar-refractivity contribution >= 4 is 47.4 Å². The van der Waals surface area contributed by atoms with Crippen molar-refractivity contribution in [2.24, 2.45) is 0 Å². The van der Waals surface area contributed by atoms with Gasteiger partial charge in [-0.2, -0.15) is 4.98 Å². The largest absolute Gasteiger partial charge is 0.481 e. The number of hydrogen-bond acceptors (Lipinski definition) is 9. The third-order valence-corrected chi connectivity index (χ3v) is 5.82. The van der Waals surface area contributed by atoms with E-state index in [0.29, 0.717) is 18.6 Å². The third kappa shape index (κ3) is 5.55. The van der Waals surface area contributed by atoms with Gasteiger partial charge in [0.25, 0.3) is 5.91 Å². The van der Waals surface area contributed by atoms with Crippen LogP contribution >= 0.6 is 0 Å². The van der Waals surface area contributed by atoms with Crippen molar-refractivity contribution in [2.75, 3.05) is 36.5 Å². The van der Waals surface area contributed by atoms with Crippen molar-refractivity contribution < 1.29 is 29.4 Å². The number of quaternary nitrogens is 1. The first-order valence-corrected chi connectivity index (χ1v) is 10.6. The quantitative estimate of drug-likeness (QED) is 0.165. The maximum absolute atomic E-state index is 12.5. The second kappa shape index (κ2) is 10.2. The summed E-state index contributed by atoms with van der Waals surface area (Å²) in [6.07, 6.45) is 0.0250. The zero-order valence-electron chi connectivity index (χ0n) is 18.8. The molecule has 0 saturated carbocycles. The fraction of sp³-hybridized carbons (Fsp3) is 0.333. The molecule has 14 heteroatoms. The first-order chi connectivity index (χ1) is 16.5. The van der Waals surface area contributed by atoms with Gasteiger partial charge >= 0.3 is 23.9 Å². The number of benzene rings is 1. The van der Waals surface area contributed by atoms with E-state index in [4.69, 9.17) is 10.8 Å². The van der Waals surface area contributed by atoms with Crippen LogP contribution in [0, 0.1) is 0 Å². The number of nitrogen functional groups attached to an aromatic ring is 1. The number of carboxylic acids is 2. The predicted octanol–water partition coefficient (Wildman–Crippen LogP) is -0.600. The molecule has 186 valence electrons. The number of hydrogen-bond donors (Lipinski definition) is 7. The number of aliphatic carboxylic acids is 2. The molecule has 3 rings (SSSR count). The van der Waals surface area contributed by atoms with E-state index in [0.717, 1.165) is 0 Å². The smallest absolute Gasteiger partial charge is 0.326 e. The van der Waals surface area contributed by atoms with E-state index >= 15 is 0 Å². The van der Waals surface area contributed by atoms with Gasteiger partial charge in [0, 0.05) is 17.7 Å². The molecule has 35 heavy (non-hydrogen) atoms. The molecular formula is C21H26N7O7+. The number of H-pyrrole nitrogens is 1. The number of likely N-dealkylation sites (N-methyl/N-ethyl adjacent to an activating group) is 1. The lowest BCUT2D eigenvalue weighted by Gasteiger charge is -2.39. The van der Waals surface area contributed by atoms with Crippen molar-refractivity contribution in [3.05, 3.63) is 40.2 Å². The Labute approximate surface area is 198 Å². The monoisotopic (exact) mass is 488 g/mol. The minimum atomic E-state index is -1.33. The highest BCUT2D eigenvalue weighted by Crippen LogP contribution is 2.30. The summed E-state index contributed by atoms with van der Waals surface area (Å²) in [5.41, 5.74) is 6.03. The Balaban J connectivity index is 1.66. The lowest BCUT2D eigenvalue weighted by Crippen LogP contribution is -2.62. The normalized spacial score (nSPS) is 19.5. The summed E-state index contributed by atoms with van der Waals surface area (Å²) in [5.74, 6) is -2.95. The van der Waals surface area contributed by atoms with Gasteiger partial charge in [-0.3, -0.25) is 19.4 Å². The van der Waals surface area contributed by atoms with E-state index in [9.17, 15) is 29.1 Å². The standard InChI is InChI=1S/C21H25N7O7/c1-28(10-29)13(9-24-17-16(28)19(33)27-21(22)26-17)8-23-12-4-2-11(3-5-12)18(32)25-14(20(34)35)6-7-15(30)31/h2-5,10,13-14H,6-9H2,1H3,(H7-,22,23,24,25,26,27,30,31,32,33,34,35)/p+1/t13-,14?,28?/m0/s1. The molecule has 14 nitrogen and oxygen atoms in total. The topological polar surface area (TPSA) is 217 Å². The zero-order chi connectivity index (χ0) is 25.8. The number of aromatic nitrogens is 2. The van der Waals surface area contributed by atoms with Gasteiger partial charge in [-0.05, 0) is 30.7 Å². The van der Waals surface area contributed by atoms with Crippen LogP contribution in [0.5, 0.6) is 0 Å². The molecule has 8 N–H and O–H groups in total. The molecule has 2 aromatic rings. The number of nitrogens with one attached hydrogen (secondary N) is 4. The molecule has 3 atom stereocenters. The van der Waals surface area contributed by atoms with Crippen LogP contribution in [0.3, 0.4) is 0 Å². The second-order valence-electron chi connectivity index (χ2n) is 8.19. The lowest BCUT2D eigenvalue weighted by atomic mass is 10.1. The van der Waals surface area contributed by atoms with Crippen molar-refractivity contribution in [1.29, 1.82) is 0 Å². The van der Waals surface area contributed by atoms with Gasteiger partial charge in [0.1, 0.15) is 12.1 Å². The zero-order valence-corrected chi connectivity index (χ0v) is 18.8. The molecule has 1 aromatic heterocycles. The third-order valence-electron chi connectivity index (χ3n) is 5.82. The van der Waals surface area contributed by atoms with Gasteiger partial charge in [0.2, 0.25) is 11.6 Å². The van der Waals surface area contributed by atoms with Crippen LogP contribution in [-0.4, -0.2) is 76.7 Å². The van der Waals surface area contributed by atoms with Crippen molar-refractivity contribution in [1.82, 2.24) is 19.8 Å². The summed E-state index contributed by atoms with van der Waals surface area (Å²) in [7, 11) is 1.60. The highest BCUT2D eigenvalue weighted by atomic mass is 16.4. The van der Waals surface area contributed by atoms with E-state index in [1.807, 2.05) is 0 Å². The average molecular weight is 488 g/mol. The Bertz CT molecular complexity index is 1200. The molecule has 0 spiro atoms. The second-order valence-corrected chi connectivity index (χ2v) is 8.19. The Morgan fingerprint density at radius 2 is 1.97 bits per heavy atom. The number of nitrogens with zero attached hydrogens (tertiary/aromatic N) is 2. The Hall–Kier alpha value is -4.46. The van der Waals surface area contributed by atoms with Crippen LogP contribution in [0.15, 0.2) is 29.1 Å². The number of carbonyl (C=O) groups is 4. The van der Waals surface area contributed by atoms with Gasteiger partial charge < -0.3 is 31.9 Å². The fourth-order valence-electron chi connectivity index (χ4n) is 3.78. The molecule has 1 aliphatic rings. The Kier molecular flexibility index (Phi) is 7.34. The molecule has 1 aliphatic heterocycles. The number of carbonyl (C=O) groups excluding carboxylic acids is 2. The van der Waals surface area contributed by atoms with Crippen LogP contribution in [0.2, 0.25) is 0 Å². The van der Waals surface area contributed by atoms with Gasteiger partial charge in [-0.25, -0.2) is 14.1 Å². The van der Waals surface area contributed by atoms with Crippen LogP contribution < -0.4 is 31.7 Å². The summed E-state index contributed by atoms with van der Waals surface area (Å²) in [6, 6.07) is 4.46. The van der Waals surface area contributed by atoms with Gasteiger partial charge in [-0.1, -0.05) is 0 Å². The molecule has 2 unspecified atom stereocenters. The molecular weight excluding hydrogens is 462 g/mol. The van der Waals surface area contributed by atoms with E-state index in [-0.39, 0.29) is 46.5 Å². The molecule has 0 aliphatic carbocycles. The molecule has 0 fully saturated rings. The Morgan fingerprint density at radius 1 is 1.29 bits per heavy atom. The minimum absolute atomic E-state index is 0.0593. The number of amides is 2. The maximum Gasteiger partial charge on any atom is 0.326 e. The van der Waals surface area contributed by atoms with Gasteiger partial charge in [-0.15, -0.1) is 0 Å². The number of carboxylic acid groups (broad SMARTS) is 2. The first kappa shape index (κ1) is 25.2. The number of aromatic amines is 1. The van der Waals surface area contributed by atoms with Gasteiger partial charge in [0.05, 0.1) is 20.1 Å². The fourth-order valence-corrected chi connectivity index (χ4v) is 3.78. The Morgan fingerprint density at radius 3 is 2.57 bits per heavy atom. The SMILES string of the molecule is C[N+]1(C=O)c2c(nc(N)[nH]c2=O)NC[C@@H]1CNc1ccc(C(=O)NC(CCC(=O)O)C(=O)O)cc1. The summed E-state index contributed by atoms with van der Waals surface area (Å²) in [4.78, 5) is 65.3. The van der Waals surface area contributed by atoms with Crippen molar-refractivity contribution in [2.45, 2.75) is 24.9 Å². The van der Waals surface area contributed by atoms with E-state index in [1.165, 1.54) is 12.1 Å². The summed E-state index contributed by atoms with van der Waals surface area (Å²) in [5, 5.41) is 26.4. The van der Waals surface area contributed by atoms with Crippen molar-refractivity contribution in [3.63, 3.8) is 0 Å². The van der Waals surface area contributed by atoms with Gasteiger partial charge in [0.15, 0.2) is 5.82 Å². The van der Waals surface area contributed by atoms with Crippen LogP contribution in [0.25, 0.3) is 0 Å². The van der Waals surface area contributed by atoms with E-state index < -0.39 is 35.9 Å². The molecule has 0 bridgehead atoms. The number of anilines is 3. The number of rotatable bonds is 10. The molecule has 0 saturated heterocycles. The van der Waals surface area contributed by atoms with Crippen molar-refractivity contribution in [3.8, 4) is 0 Å². The lowest BCUT2D eigenvalue weighted by molar-refractivity contribution is -0.140. The molecule has 2 heterocycles. The summed E-state index contributed by atoms with van der Waals surface area (Å²) < 4.78 is -0.328. The van der Waals surface area contributed by atoms with Crippen LogP contribution in [0.4, 0.5) is 23.1 Å². The number of nitrogens with two attached hydrogens (primary N) is 1. The summed E-state index contributed by atoms with van der Waals surface area (Å²) >= 11 is 0. The first-order valence-electron chi connectivity index (χ1n) is 10.6.